The lowest BCUT2D eigenvalue weighted by molar-refractivity contribution is 0.394. The Hall–Kier alpha value is -2.24. The van der Waals surface area contributed by atoms with Gasteiger partial charge in [0, 0.05) is 6.07 Å². The van der Waals surface area contributed by atoms with E-state index in [2.05, 4.69) is 10.1 Å². The summed E-state index contributed by atoms with van der Waals surface area (Å²) in [6, 6.07) is 5.32. The Labute approximate surface area is 92.0 Å². The van der Waals surface area contributed by atoms with Gasteiger partial charge < -0.3 is 19.7 Å². The molecule has 0 atom stereocenters. The fourth-order valence-electron chi connectivity index (χ4n) is 1.33. The van der Waals surface area contributed by atoms with Crippen LogP contribution in [0.15, 0.2) is 22.7 Å². The summed E-state index contributed by atoms with van der Waals surface area (Å²) < 4.78 is 15.0. The highest BCUT2D eigenvalue weighted by Crippen LogP contribution is 2.31. The molecule has 6 nitrogen and oxygen atoms in total. The van der Waals surface area contributed by atoms with Crippen LogP contribution in [0.4, 0.5) is 6.01 Å². The molecule has 16 heavy (non-hydrogen) atoms. The lowest BCUT2D eigenvalue weighted by atomic mass is 10.2. The van der Waals surface area contributed by atoms with E-state index in [-0.39, 0.29) is 6.01 Å². The van der Waals surface area contributed by atoms with Crippen LogP contribution in [-0.4, -0.2) is 24.4 Å². The van der Waals surface area contributed by atoms with E-state index in [1.165, 1.54) is 0 Å². The van der Waals surface area contributed by atoms with Crippen molar-refractivity contribution in [1.82, 2.24) is 10.1 Å². The minimum absolute atomic E-state index is 0.0212. The van der Waals surface area contributed by atoms with Gasteiger partial charge >= 0.3 is 6.01 Å². The van der Waals surface area contributed by atoms with Gasteiger partial charge in [0.1, 0.15) is 11.5 Å². The molecule has 0 saturated carbocycles. The van der Waals surface area contributed by atoms with Crippen molar-refractivity contribution in [2.45, 2.75) is 0 Å². The zero-order chi connectivity index (χ0) is 11.5. The molecule has 1 heterocycles. The van der Waals surface area contributed by atoms with E-state index in [1.807, 2.05) is 0 Å². The summed E-state index contributed by atoms with van der Waals surface area (Å²) in [6.45, 7) is 0. The topological polar surface area (TPSA) is 83.4 Å². The van der Waals surface area contributed by atoms with Gasteiger partial charge in [0.25, 0.3) is 0 Å². The highest BCUT2D eigenvalue weighted by atomic mass is 16.5. The summed E-state index contributed by atoms with van der Waals surface area (Å²) >= 11 is 0. The number of hydrogen-bond acceptors (Lipinski definition) is 6. The zero-order valence-corrected chi connectivity index (χ0v) is 8.93. The average Bonchev–Trinajstić information content (AvgIpc) is 2.74. The molecule has 0 fully saturated rings. The van der Waals surface area contributed by atoms with Gasteiger partial charge in [0.05, 0.1) is 19.8 Å². The van der Waals surface area contributed by atoms with Crippen LogP contribution in [-0.2, 0) is 0 Å². The fourth-order valence-corrected chi connectivity index (χ4v) is 1.33. The number of nitrogens with zero attached hydrogens (tertiary/aromatic N) is 2. The Morgan fingerprint density at radius 2 is 2.06 bits per heavy atom. The van der Waals surface area contributed by atoms with Crippen LogP contribution < -0.4 is 15.2 Å². The minimum atomic E-state index is 0.0212. The summed E-state index contributed by atoms with van der Waals surface area (Å²) in [5, 5.41) is 3.72. The second kappa shape index (κ2) is 4.09. The fraction of sp³-hybridized carbons (Fsp3) is 0.200. The maximum absolute atomic E-state index is 5.36. The number of methoxy groups -OCH3 is 2. The molecule has 1 aromatic heterocycles. The van der Waals surface area contributed by atoms with Crippen molar-refractivity contribution >= 4 is 6.01 Å². The molecule has 0 spiro atoms. The summed E-state index contributed by atoms with van der Waals surface area (Å²) in [5.41, 5.74) is 6.06. The van der Waals surface area contributed by atoms with Crippen molar-refractivity contribution < 1.29 is 14.0 Å². The molecular formula is C10H11N3O3. The SMILES string of the molecule is COc1ccc(-c2noc(N)n2)c(OC)c1. The van der Waals surface area contributed by atoms with Gasteiger partial charge in [-0.2, -0.15) is 4.98 Å². The third-order valence-electron chi connectivity index (χ3n) is 2.09. The predicted molar refractivity (Wildman–Crippen MR) is 57.3 cm³/mol. The van der Waals surface area contributed by atoms with Gasteiger partial charge in [0.15, 0.2) is 0 Å². The smallest absolute Gasteiger partial charge is 0.319 e. The highest BCUT2D eigenvalue weighted by Gasteiger charge is 2.12. The average molecular weight is 221 g/mol. The van der Waals surface area contributed by atoms with Crippen LogP contribution in [0.1, 0.15) is 0 Å². The van der Waals surface area contributed by atoms with E-state index in [0.29, 0.717) is 22.9 Å². The first-order valence-corrected chi connectivity index (χ1v) is 4.56. The summed E-state index contributed by atoms with van der Waals surface area (Å²) in [6.07, 6.45) is 0. The predicted octanol–water partition coefficient (Wildman–Crippen LogP) is 1.34. The molecular weight excluding hydrogens is 210 g/mol. The monoisotopic (exact) mass is 221 g/mol. The Morgan fingerprint density at radius 1 is 1.25 bits per heavy atom. The maximum atomic E-state index is 5.36. The Balaban J connectivity index is 2.48. The summed E-state index contributed by atoms with van der Waals surface area (Å²) in [4.78, 5) is 3.92. The number of rotatable bonds is 3. The second-order valence-corrected chi connectivity index (χ2v) is 3.02. The second-order valence-electron chi connectivity index (χ2n) is 3.02. The molecule has 1 aromatic carbocycles. The van der Waals surface area contributed by atoms with Gasteiger partial charge in [-0.1, -0.05) is 5.16 Å². The maximum Gasteiger partial charge on any atom is 0.319 e. The largest absolute Gasteiger partial charge is 0.497 e. The Morgan fingerprint density at radius 3 is 2.62 bits per heavy atom. The molecule has 0 aliphatic heterocycles. The van der Waals surface area contributed by atoms with E-state index in [1.54, 1.807) is 32.4 Å². The number of nitrogens with two attached hydrogens (primary N) is 1. The van der Waals surface area contributed by atoms with E-state index in [9.17, 15) is 0 Å². The van der Waals surface area contributed by atoms with E-state index >= 15 is 0 Å². The number of nitrogen functional groups attached to an aromatic ring is 1. The van der Waals surface area contributed by atoms with Gasteiger partial charge in [-0.3, -0.25) is 0 Å². The standard InChI is InChI=1S/C10H11N3O3/c1-14-6-3-4-7(8(5-6)15-2)9-12-10(11)16-13-9/h3-5H,1-2H3,(H2,11,12,13). The van der Waals surface area contributed by atoms with Gasteiger partial charge in [-0.25, -0.2) is 0 Å². The highest BCUT2D eigenvalue weighted by molar-refractivity contribution is 5.65. The third kappa shape index (κ3) is 1.77. The normalized spacial score (nSPS) is 10.1. The summed E-state index contributed by atoms with van der Waals surface area (Å²) in [5.74, 6) is 1.68. The van der Waals surface area contributed by atoms with Crippen LogP contribution in [0.25, 0.3) is 11.4 Å². The molecule has 84 valence electrons. The molecule has 0 aliphatic rings. The molecule has 6 heteroatoms. The molecule has 2 N–H and O–H groups in total. The molecule has 2 aromatic rings. The quantitative estimate of drug-likeness (QED) is 0.841. The molecule has 0 saturated heterocycles. The third-order valence-corrected chi connectivity index (χ3v) is 2.09. The zero-order valence-electron chi connectivity index (χ0n) is 8.93. The van der Waals surface area contributed by atoms with Crippen molar-refractivity contribution in [2.24, 2.45) is 0 Å². The number of hydrogen-bond donors (Lipinski definition) is 1. The van der Waals surface area contributed by atoms with Gasteiger partial charge in [0.2, 0.25) is 5.82 Å². The first-order chi connectivity index (χ1) is 7.74. The van der Waals surface area contributed by atoms with Crippen LogP contribution in [0.5, 0.6) is 11.5 Å². The Kier molecular flexibility index (Phi) is 2.63. The van der Waals surface area contributed by atoms with Gasteiger partial charge in [-0.05, 0) is 12.1 Å². The first-order valence-electron chi connectivity index (χ1n) is 4.56. The van der Waals surface area contributed by atoms with Crippen LogP contribution in [0, 0.1) is 0 Å². The Bertz CT molecular complexity index is 496. The number of ether oxygens (including phenoxy) is 2. The van der Waals surface area contributed by atoms with E-state index in [4.69, 9.17) is 19.7 Å². The molecule has 0 aliphatic carbocycles. The molecule has 0 amide bonds. The van der Waals surface area contributed by atoms with Crippen LogP contribution >= 0.6 is 0 Å². The van der Waals surface area contributed by atoms with Crippen molar-refractivity contribution in [1.29, 1.82) is 0 Å². The lowest BCUT2D eigenvalue weighted by Gasteiger charge is -2.07. The minimum Gasteiger partial charge on any atom is -0.497 e. The van der Waals surface area contributed by atoms with Gasteiger partial charge in [-0.15, -0.1) is 0 Å². The molecule has 2 rings (SSSR count). The number of benzene rings is 1. The molecule has 0 radical (unpaired) electrons. The van der Waals surface area contributed by atoms with E-state index in [0.717, 1.165) is 0 Å². The van der Waals surface area contributed by atoms with Crippen molar-refractivity contribution in [3.63, 3.8) is 0 Å². The first kappa shape index (κ1) is 10.3. The molecule has 0 bridgehead atoms. The van der Waals surface area contributed by atoms with Crippen LogP contribution in [0.3, 0.4) is 0 Å². The lowest BCUT2D eigenvalue weighted by Crippen LogP contribution is -1.91. The van der Waals surface area contributed by atoms with E-state index < -0.39 is 0 Å². The van der Waals surface area contributed by atoms with Crippen molar-refractivity contribution in [2.75, 3.05) is 20.0 Å². The number of aromatic nitrogens is 2. The van der Waals surface area contributed by atoms with Crippen molar-refractivity contribution in [3.8, 4) is 22.9 Å². The van der Waals surface area contributed by atoms with Crippen LogP contribution in [0.2, 0.25) is 0 Å². The summed E-state index contributed by atoms with van der Waals surface area (Å²) in [7, 11) is 3.14. The molecule has 0 unspecified atom stereocenters. The van der Waals surface area contributed by atoms with Crippen molar-refractivity contribution in [3.05, 3.63) is 18.2 Å². The number of anilines is 1.